The van der Waals surface area contributed by atoms with Gasteiger partial charge < -0.3 is 9.42 Å². The van der Waals surface area contributed by atoms with E-state index in [0.29, 0.717) is 13.1 Å². The minimum Gasteiger partial charge on any atom is -0.342 e. The largest absolute Gasteiger partial charge is 0.342 e. The van der Waals surface area contributed by atoms with E-state index in [2.05, 4.69) is 14.7 Å². The zero-order valence-corrected chi connectivity index (χ0v) is 7.15. The van der Waals surface area contributed by atoms with Crippen molar-refractivity contribution in [2.75, 3.05) is 13.1 Å². The van der Waals surface area contributed by atoms with Crippen molar-refractivity contribution in [2.45, 2.75) is 13.8 Å². The molecule has 0 saturated carbocycles. The topological polar surface area (TPSA) is 59.2 Å². The van der Waals surface area contributed by atoms with Gasteiger partial charge in [0.2, 0.25) is 6.39 Å². The lowest BCUT2D eigenvalue weighted by molar-refractivity contribution is 0.0757. The summed E-state index contributed by atoms with van der Waals surface area (Å²) in [5.74, 6) is -0.0625. The fourth-order valence-electron chi connectivity index (χ4n) is 0.917. The third kappa shape index (κ3) is 1.61. The molecule has 5 nitrogen and oxygen atoms in total. The van der Waals surface area contributed by atoms with Crippen molar-refractivity contribution in [1.29, 1.82) is 0 Å². The first-order chi connectivity index (χ1) is 5.79. The molecular weight excluding hydrogens is 158 g/mol. The molecule has 0 unspecified atom stereocenters. The highest BCUT2D eigenvalue weighted by atomic mass is 16.5. The van der Waals surface area contributed by atoms with E-state index >= 15 is 0 Å². The second kappa shape index (κ2) is 3.85. The second-order valence-corrected chi connectivity index (χ2v) is 2.23. The average Bonchev–Trinajstić information content (AvgIpc) is 2.58. The summed E-state index contributed by atoms with van der Waals surface area (Å²) in [5.41, 5.74) is 0. The van der Waals surface area contributed by atoms with Gasteiger partial charge in [-0.2, -0.15) is 4.98 Å². The Bertz CT molecular complexity index is 241. The molecular formula is C7H11N3O2. The van der Waals surface area contributed by atoms with Gasteiger partial charge >= 0.3 is 0 Å². The van der Waals surface area contributed by atoms with Gasteiger partial charge in [0.1, 0.15) is 0 Å². The third-order valence-electron chi connectivity index (χ3n) is 1.60. The van der Waals surface area contributed by atoms with Crippen molar-refractivity contribution in [2.24, 2.45) is 0 Å². The number of amides is 1. The van der Waals surface area contributed by atoms with Crippen LogP contribution in [0.4, 0.5) is 0 Å². The van der Waals surface area contributed by atoms with E-state index in [0.717, 1.165) is 6.39 Å². The van der Waals surface area contributed by atoms with Gasteiger partial charge in [-0.3, -0.25) is 4.79 Å². The van der Waals surface area contributed by atoms with Crippen LogP contribution in [0.15, 0.2) is 10.9 Å². The van der Waals surface area contributed by atoms with Crippen molar-refractivity contribution >= 4 is 5.91 Å². The lowest BCUT2D eigenvalue weighted by atomic mass is 10.4. The number of nitrogens with zero attached hydrogens (tertiary/aromatic N) is 3. The number of hydrogen-bond acceptors (Lipinski definition) is 4. The Morgan fingerprint density at radius 1 is 1.58 bits per heavy atom. The van der Waals surface area contributed by atoms with Gasteiger partial charge in [0.15, 0.2) is 0 Å². The molecule has 0 fully saturated rings. The van der Waals surface area contributed by atoms with Gasteiger partial charge in [0.25, 0.3) is 11.7 Å². The van der Waals surface area contributed by atoms with Crippen molar-refractivity contribution in [3.05, 3.63) is 12.2 Å². The van der Waals surface area contributed by atoms with E-state index < -0.39 is 0 Å². The van der Waals surface area contributed by atoms with Crippen LogP contribution in [0.5, 0.6) is 0 Å². The molecule has 1 rings (SSSR count). The van der Waals surface area contributed by atoms with E-state index in [4.69, 9.17) is 0 Å². The Kier molecular flexibility index (Phi) is 2.79. The molecule has 1 heterocycles. The SMILES string of the molecule is CCN(CC)C(=O)c1ncon1. The number of rotatable bonds is 3. The maximum atomic E-state index is 11.4. The van der Waals surface area contributed by atoms with Gasteiger partial charge in [-0.15, -0.1) is 0 Å². The van der Waals surface area contributed by atoms with Gasteiger partial charge in [-0.05, 0) is 13.8 Å². The predicted molar refractivity (Wildman–Crippen MR) is 41.5 cm³/mol. The van der Waals surface area contributed by atoms with Crippen LogP contribution < -0.4 is 0 Å². The number of carbonyl (C=O) groups excluding carboxylic acids is 1. The molecule has 0 saturated heterocycles. The molecule has 0 radical (unpaired) electrons. The lowest BCUT2D eigenvalue weighted by Gasteiger charge is -2.15. The predicted octanol–water partition coefficient (Wildman–Crippen LogP) is 0.552. The highest BCUT2D eigenvalue weighted by Crippen LogP contribution is 1.97. The van der Waals surface area contributed by atoms with Crippen LogP contribution in [-0.4, -0.2) is 34.0 Å². The standard InChI is InChI=1S/C7H11N3O2/c1-3-10(4-2)7(11)6-8-5-12-9-6/h5H,3-4H2,1-2H3. The number of carbonyl (C=O) groups is 1. The van der Waals surface area contributed by atoms with Crippen molar-refractivity contribution in [1.82, 2.24) is 15.0 Å². The van der Waals surface area contributed by atoms with E-state index in [9.17, 15) is 4.79 Å². The quantitative estimate of drug-likeness (QED) is 0.663. The van der Waals surface area contributed by atoms with Crippen LogP contribution in [0.2, 0.25) is 0 Å². The Labute approximate surface area is 70.4 Å². The van der Waals surface area contributed by atoms with Crippen LogP contribution in [0, 0.1) is 0 Å². The van der Waals surface area contributed by atoms with E-state index in [-0.39, 0.29) is 11.7 Å². The average molecular weight is 169 g/mol. The van der Waals surface area contributed by atoms with Gasteiger partial charge in [0.05, 0.1) is 0 Å². The Morgan fingerprint density at radius 2 is 2.25 bits per heavy atom. The van der Waals surface area contributed by atoms with E-state index in [1.807, 2.05) is 13.8 Å². The van der Waals surface area contributed by atoms with Crippen LogP contribution in [-0.2, 0) is 0 Å². The van der Waals surface area contributed by atoms with Gasteiger partial charge in [-0.1, -0.05) is 5.16 Å². The molecule has 1 amide bonds. The molecule has 1 aromatic heterocycles. The van der Waals surface area contributed by atoms with Crippen LogP contribution >= 0.6 is 0 Å². The Hall–Kier alpha value is -1.39. The van der Waals surface area contributed by atoms with Crippen LogP contribution in [0.25, 0.3) is 0 Å². The van der Waals surface area contributed by atoms with Crippen molar-refractivity contribution in [3.8, 4) is 0 Å². The van der Waals surface area contributed by atoms with Gasteiger partial charge in [0, 0.05) is 13.1 Å². The summed E-state index contributed by atoms with van der Waals surface area (Å²) in [4.78, 5) is 16.7. The number of aromatic nitrogens is 2. The second-order valence-electron chi connectivity index (χ2n) is 2.23. The summed E-state index contributed by atoms with van der Waals surface area (Å²) in [6.45, 7) is 5.12. The molecule has 12 heavy (non-hydrogen) atoms. The third-order valence-corrected chi connectivity index (χ3v) is 1.60. The molecule has 0 aliphatic heterocycles. The molecule has 0 N–H and O–H groups in total. The fraction of sp³-hybridized carbons (Fsp3) is 0.571. The first-order valence-electron chi connectivity index (χ1n) is 3.85. The maximum Gasteiger partial charge on any atom is 0.295 e. The molecule has 5 heteroatoms. The normalized spacial score (nSPS) is 9.83. The molecule has 0 aromatic carbocycles. The van der Waals surface area contributed by atoms with E-state index in [1.54, 1.807) is 4.90 Å². The molecule has 0 spiro atoms. The fourth-order valence-corrected chi connectivity index (χ4v) is 0.917. The summed E-state index contributed by atoms with van der Waals surface area (Å²) in [5, 5.41) is 3.46. The molecule has 0 aliphatic rings. The zero-order valence-electron chi connectivity index (χ0n) is 7.15. The van der Waals surface area contributed by atoms with Crippen LogP contribution in [0.3, 0.4) is 0 Å². The summed E-state index contributed by atoms with van der Waals surface area (Å²) >= 11 is 0. The summed E-state index contributed by atoms with van der Waals surface area (Å²) < 4.78 is 4.47. The Balaban J connectivity index is 2.70. The first kappa shape index (κ1) is 8.70. The van der Waals surface area contributed by atoms with Crippen molar-refractivity contribution in [3.63, 3.8) is 0 Å². The monoisotopic (exact) mass is 169 g/mol. The van der Waals surface area contributed by atoms with E-state index in [1.165, 1.54) is 0 Å². The minimum absolute atomic E-state index is 0.124. The molecule has 66 valence electrons. The maximum absolute atomic E-state index is 11.4. The minimum atomic E-state index is -0.186. The molecule has 0 atom stereocenters. The zero-order chi connectivity index (χ0) is 8.97. The number of hydrogen-bond donors (Lipinski definition) is 0. The summed E-state index contributed by atoms with van der Waals surface area (Å²) in [6, 6.07) is 0. The summed E-state index contributed by atoms with van der Waals surface area (Å²) in [6.07, 6.45) is 1.15. The molecule has 0 aliphatic carbocycles. The highest BCUT2D eigenvalue weighted by molar-refractivity contribution is 5.90. The smallest absolute Gasteiger partial charge is 0.295 e. The lowest BCUT2D eigenvalue weighted by Crippen LogP contribution is -2.31. The van der Waals surface area contributed by atoms with Crippen LogP contribution in [0.1, 0.15) is 24.5 Å². The Morgan fingerprint density at radius 3 is 2.67 bits per heavy atom. The molecule has 0 bridgehead atoms. The molecule has 1 aromatic rings. The first-order valence-corrected chi connectivity index (χ1v) is 3.85. The van der Waals surface area contributed by atoms with Crippen molar-refractivity contribution < 1.29 is 9.32 Å². The summed E-state index contributed by atoms with van der Waals surface area (Å²) in [7, 11) is 0. The van der Waals surface area contributed by atoms with Gasteiger partial charge in [-0.25, -0.2) is 0 Å². The highest BCUT2D eigenvalue weighted by Gasteiger charge is 2.16.